The molecule has 4 rings (SSSR count). The molecular weight excluding hydrogens is 523 g/mol. The molecule has 0 aliphatic carbocycles. The Bertz CT molecular complexity index is 1020. The van der Waals surface area contributed by atoms with Gasteiger partial charge in [0, 0.05) is 35.5 Å². The van der Waals surface area contributed by atoms with Crippen LogP contribution >= 0.6 is 0 Å². The van der Waals surface area contributed by atoms with Crippen LogP contribution in [-0.4, -0.2) is 15.1 Å². The smallest absolute Gasteiger partial charge is 0.574 e. The van der Waals surface area contributed by atoms with Crippen LogP contribution < -0.4 is 14.6 Å². The summed E-state index contributed by atoms with van der Waals surface area (Å²) in [5, 5.41) is 8.09. The first-order chi connectivity index (χ1) is 12.8. The van der Waals surface area contributed by atoms with E-state index < -0.39 is 0 Å². The van der Waals surface area contributed by atoms with Gasteiger partial charge in [0.25, 0.3) is 0 Å². The zero-order valence-corrected chi connectivity index (χ0v) is 16.5. The second kappa shape index (κ2) is 8.60. The summed E-state index contributed by atoms with van der Waals surface area (Å²) in [6.07, 6.45) is 1.67. The normalized spacial score (nSPS) is 10.1. The predicted molar refractivity (Wildman–Crippen MR) is 95.2 cm³/mol. The molecule has 0 aliphatic heterocycles. The topological polar surface area (TPSA) is 71.2 Å². The Morgan fingerprint density at radius 2 is 1.63 bits per heavy atom. The minimum Gasteiger partial charge on any atom is -0.574 e. The third-order valence-corrected chi connectivity index (χ3v) is 3.46. The second-order valence-electron chi connectivity index (χ2n) is 5.48. The molecule has 0 N–H and O–H groups in total. The van der Waals surface area contributed by atoms with E-state index in [4.69, 9.17) is 9.47 Å². The molecular formula is C20H14N4O2Pt. The summed E-state index contributed by atoms with van der Waals surface area (Å²) in [6, 6.07) is 21.3. The van der Waals surface area contributed by atoms with Gasteiger partial charge in [-0.3, -0.25) is 0 Å². The fraction of sp³-hybridized carbons (Fsp3) is 0.0500. The van der Waals surface area contributed by atoms with E-state index in [1.54, 1.807) is 30.5 Å². The number of aromatic nitrogens is 4. The van der Waals surface area contributed by atoms with Crippen LogP contribution in [0.1, 0.15) is 5.69 Å². The Morgan fingerprint density at radius 1 is 0.889 bits per heavy atom. The zero-order valence-electron chi connectivity index (χ0n) is 14.3. The van der Waals surface area contributed by atoms with E-state index >= 15 is 0 Å². The van der Waals surface area contributed by atoms with Crippen molar-refractivity contribution in [1.29, 1.82) is 0 Å². The van der Waals surface area contributed by atoms with Gasteiger partial charge in [-0.15, -0.1) is 12.1 Å². The standard InChI is InChI=1S/C20H14N4O2.Pt/c1-14-12-18(24-23-14)17-8-5-10-20(22-17)26-16-7-4-6-15(13-16)25-19-9-2-3-11-21-19;/h2-12H,1H3;/q-2;+2. The van der Waals surface area contributed by atoms with Crippen LogP contribution in [0.2, 0.25) is 0 Å². The maximum Gasteiger partial charge on any atom is 2.00 e. The van der Waals surface area contributed by atoms with Crippen LogP contribution in [0.15, 0.2) is 66.9 Å². The van der Waals surface area contributed by atoms with E-state index in [1.165, 1.54) is 0 Å². The monoisotopic (exact) mass is 537 g/mol. The van der Waals surface area contributed by atoms with Gasteiger partial charge in [0.1, 0.15) is 0 Å². The van der Waals surface area contributed by atoms with Crippen LogP contribution in [0.5, 0.6) is 23.3 Å². The SMILES string of the molecule is Cc1cc(-c2cccc(Oc3[c-]c(Oc4ccccn4)ccc3)n2)[n-]n1.[Pt+2]. The molecule has 1 aromatic carbocycles. The molecule has 0 unspecified atom stereocenters. The molecule has 0 fully saturated rings. The zero-order chi connectivity index (χ0) is 17.8. The van der Waals surface area contributed by atoms with Crippen molar-refractivity contribution in [2.75, 3.05) is 0 Å². The van der Waals surface area contributed by atoms with Crippen molar-refractivity contribution in [3.63, 3.8) is 0 Å². The number of hydrogen-bond acceptors (Lipinski definition) is 5. The summed E-state index contributed by atoms with van der Waals surface area (Å²) >= 11 is 0. The van der Waals surface area contributed by atoms with Crippen LogP contribution in [0, 0.1) is 13.0 Å². The van der Waals surface area contributed by atoms with Gasteiger partial charge in [0.2, 0.25) is 11.8 Å². The number of rotatable bonds is 5. The predicted octanol–water partition coefficient (Wildman–Crippen LogP) is 4.19. The van der Waals surface area contributed by atoms with Crippen LogP contribution in [0.25, 0.3) is 11.4 Å². The Balaban J connectivity index is 0.00000210. The molecule has 0 atom stereocenters. The fourth-order valence-corrected chi connectivity index (χ4v) is 2.31. The third-order valence-electron chi connectivity index (χ3n) is 3.46. The first-order valence-corrected chi connectivity index (χ1v) is 8.00. The first kappa shape index (κ1) is 18.8. The van der Waals surface area contributed by atoms with E-state index in [9.17, 15) is 0 Å². The van der Waals surface area contributed by atoms with Crippen LogP contribution in [0.4, 0.5) is 0 Å². The number of benzene rings is 1. The first-order valence-electron chi connectivity index (χ1n) is 8.00. The minimum atomic E-state index is 0. The molecule has 6 nitrogen and oxygen atoms in total. The Labute approximate surface area is 170 Å². The quantitative estimate of drug-likeness (QED) is 0.356. The Morgan fingerprint density at radius 3 is 2.33 bits per heavy atom. The van der Waals surface area contributed by atoms with E-state index in [1.807, 2.05) is 43.3 Å². The number of aryl methyl sites for hydroxylation is 1. The summed E-state index contributed by atoms with van der Waals surface area (Å²) in [5.41, 5.74) is 2.26. The van der Waals surface area contributed by atoms with Crippen molar-refractivity contribution in [1.82, 2.24) is 20.2 Å². The fourth-order valence-electron chi connectivity index (χ4n) is 2.31. The molecule has 0 saturated heterocycles. The summed E-state index contributed by atoms with van der Waals surface area (Å²) in [5.74, 6) is 1.93. The summed E-state index contributed by atoms with van der Waals surface area (Å²) in [6.45, 7) is 1.89. The van der Waals surface area contributed by atoms with Crippen LogP contribution in [-0.2, 0) is 21.1 Å². The van der Waals surface area contributed by atoms with Gasteiger partial charge < -0.3 is 19.7 Å². The average Bonchev–Trinajstić information content (AvgIpc) is 3.10. The Hall–Kier alpha value is -2.98. The molecule has 136 valence electrons. The number of ether oxygens (including phenoxy) is 2. The van der Waals surface area contributed by atoms with E-state index in [2.05, 4.69) is 26.2 Å². The number of hydrogen-bond donors (Lipinski definition) is 0. The number of nitrogens with zero attached hydrogens (tertiary/aromatic N) is 4. The molecule has 4 aromatic rings. The van der Waals surface area contributed by atoms with Gasteiger partial charge in [-0.05, 0) is 19.1 Å². The third kappa shape index (κ3) is 4.80. The molecule has 3 heterocycles. The molecule has 0 spiro atoms. The molecule has 0 aliphatic rings. The van der Waals surface area contributed by atoms with Crippen molar-refractivity contribution in [2.24, 2.45) is 0 Å². The molecule has 7 heteroatoms. The number of pyridine rings is 2. The van der Waals surface area contributed by atoms with E-state index in [0.717, 1.165) is 5.69 Å². The molecule has 0 amide bonds. The maximum atomic E-state index is 5.81. The largest absolute Gasteiger partial charge is 2.00 e. The van der Waals surface area contributed by atoms with Crippen molar-refractivity contribution < 1.29 is 30.5 Å². The summed E-state index contributed by atoms with van der Waals surface area (Å²) < 4.78 is 11.5. The van der Waals surface area contributed by atoms with Gasteiger partial charge in [-0.1, -0.05) is 30.0 Å². The summed E-state index contributed by atoms with van der Waals surface area (Å²) in [4.78, 5) is 8.59. The average molecular weight is 537 g/mol. The summed E-state index contributed by atoms with van der Waals surface area (Å²) in [7, 11) is 0. The Kier molecular flexibility index (Phi) is 5.99. The molecule has 0 bridgehead atoms. The second-order valence-corrected chi connectivity index (χ2v) is 5.48. The molecule has 3 aromatic heterocycles. The van der Waals surface area contributed by atoms with Crippen molar-refractivity contribution in [3.8, 4) is 34.6 Å². The van der Waals surface area contributed by atoms with Gasteiger partial charge in [0.05, 0.1) is 5.69 Å². The molecule has 27 heavy (non-hydrogen) atoms. The van der Waals surface area contributed by atoms with Gasteiger partial charge in [-0.2, -0.15) is 6.07 Å². The van der Waals surface area contributed by atoms with Crippen molar-refractivity contribution in [3.05, 3.63) is 78.6 Å². The maximum absolute atomic E-state index is 5.81. The molecule has 0 saturated carbocycles. The molecule has 0 radical (unpaired) electrons. The van der Waals surface area contributed by atoms with E-state index in [0.29, 0.717) is 34.6 Å². The van der Waals surface area contributed by atoms with Gasteiger partial charge >= 0.3 is 21.1 Å². The van der Waals surface area contributed by atoms with Gasteiger partial charge in [0.15, 0.2) is 0 Å². The van der Waals surface area contributed by atoms with Crippen molar-refractivity contribution >= 4 is 0 Å². The minimum absolute atomic E-state index is 0. The van der Waals surface area contributed by atoms with Crippen molar-refractivity contribution in [2.45, 2.75) is 6.92 Å². The van der Waals surface area contributed by atoms with E-state index in [-0.39, 0.29) is 21.1 Å². The van der Waals surface area contributed by atoms with Gasteiger partial charge in [-0.25, -0.2) is 9.97 Å². The van der Waals surface area contributed by atoms with Crippen LogP contribution in [0.3, 0.4) is 0 Å².